The molecule has 0 aromatic heterocycles. The van der Waals surface area contributed by atoms with E-state index in [1.54, 1.807) is 0 Å². The number of carbonyl (C=O) groups is 2. The van der Waals surface area contributed by atoms with E-state index >= 15 is 0 Å². The number of nitrogens with one attached hydrogen (secondary N) is 1. The highest BCUT2D eigenvalue weighted by Crippen LogP contribution is 2.33. The predicted octanol–water partition coefficient (Wildman–Crippen LogP) is 2.81. The summed E-state index contributed by atoms with van der Waals surface area (Å²) in [7, 11) is 0. The minimum absolute atomic E-state index is 0.00303. The standard InChI is InChI=1S/C22H32N2O4/c1-22(2,3)16-6-8-19(9-7-16)28-14-20(25)23-17-10-18(11-17)24(13-21(26)27)12-15-4-5-15/h6-9,15,17-18H,4-5,10-14H2,1-3H3,(H,23,25)(H,26,27). The highest BCUT2D eigenvalue weighted by atomic mass is 16.5. The molecule has 1 amide bonds. The average molecular weight is 389 g/mol. The van der Waals surface area contributed by atoms with E-state index < -0.39 is 5.97 Å². The van der Waals surface area contributed by atoms with Crippen molar-refractivity contribution < 1.29 is 19.4 Å². The summed E-state index contributed by atoms with van der Waals surface area (Å²) in [6.07, 6.45) is 4.03. The predicted molar refractivity (Wildman–Crippen MR) is 108 cm³/mol. The Morgan fingerprint density at radius 1 is 1.18 bits per heavy atom. The van der Waals surface area contributed by atoms with Gasteiger partial charge in [-0.3, -0.25) is 14.5 Å². The van der Waals surface area contributed by atoms with E-state index in [0.29, 0.717) is 11.7 Å². The van der Waals surface area contributed by atoms with E-state index in [-0.39, 0.29) is 36.6 Å². The molecule has 6 nitrogen and oxygen atoms in total. The van der Waals surface area contributed by atoms with Crippen molar-refractivity contribution in [2.24, 2.45) is 5.92 Å². The number of ether oxygens (including phenoxy) is 1. The van der Waals surface area contributed by atoms with Gasteiger partial charge in [0.25, 0.3) is 5.91 Å². The van der Waals surface area contributed by atoms with E-state index in [9.17, 15) is 9.59 Å². The van der Waals surface area contributed by atoms with Crippen LogP contribution in [0.15, 0.2) is 24.3 Å². The third kappa shape index (κ3) is 5.96. The molecule has 0 spiro atoms. The second kappa shape index (κ2) is 8.52. The van der Waals surface area contributed by atoms with Crippen molar-refractivity contribution in [3.8, 4) is 5.75 Å². The Kier molecular flexibility index (Phi) is 6.28. The van der Waals surface area contributed by atoms with Crippen molar-refractivity contribution in [2.75, 3.05) is 19.7 Å². The Morgan fingerprint density at radius 3 is 2.36 bits per heavy atom. The summed E-state index contributed by atoms with van der Waals surface area (Å²) in [5, 5.41) is 12.1. The zero-order valence-electron chi connectivity index (χ0n) is 17.1. The van der Waals surface area contributed by atoms with E-state index in [0.717, 1.165) is 19.4 Å². The van der Waals surface area contributed by atoms with Crippen molar-refractivity contribution in [2.45, 2.75) is 64.0 Å². The van der Waals surface area contributed by atoms with Crippen LogP contribution in [0.1, 0.15) is 52.0 Å². The van der Waals surface area contributed by atoms with Gasteiger partial charge < -0.3 is 15.2 Å². The highest BCUT2D eigenvalue weighted by Gasteiger charge is 2.37. The first-order valence-corrected chi connectivity index (χ1v) is 10.2. The molecule has 2 aliphatic rings. The molecule has 0 aliphatic heterocycles. The maximum absolute atomic E-state index is 12.1. The molecule has 0 atom stereocenters. The van der Waals surface area contributed by atoms with Crippen LogP contribution in [0.4, 0.5) is 0 Å². The first kappa shape index (κ1) is 20.6. The Balaban J connectivity index is 1.38. The molecule has 0 heterocycles. The van der Waals surface area contributed by atoms with Crippen molar-refractivity contribution in [1.29, 1.82) is 0 Å². The quantitative estimate of drug-likeness (QED) is 0.680. The number of benzene rings is 1. The molecule has 3 rings (SSSR count). The summed E-state index contributed by atoms with van der Waals surface area (Å²) >= 11 is 0. The summed E-state index contributed by atoms with van der Waals surface area (Å²) in [4.78, 5) is 25.3. The van der Waals surface area contributed by atoms with Gasteiger partial charge in [-0.25, -0.2) is 0 Å². The fraction of sp³-hybridized carbons (Fsp3) is 0.636. The molecule has 2 N–H and O–H groups in total. The van der Waals surface area contributed by atoms with Gasteiger partial charge in [0.1, 0.15) is 5.75 Å². The summed E-state index contributed by atoms with van der Waals surface area (Å²) in [6.45, 7) is 7.43. The number of hydrogen-bond acceptors (Lipinski definition) is 4. The number of nitrogens with zero attached hydrogens (tertiary/aromatic N) is 1. The van der Waals surface area contributed by atoms with Crippen molar-refractivity contribution in [3.05, 3.63) is 29.8 Å². The summed E-state index contributed by atoms with van der Waals surface area (Å²) in [5.41, 5.74) is 1.31. The number of carboxylic acid groups (broad SMARTS) is 1. The summed E-state index contributed by atoms with van der Waals surface area (Å²) in [6, 6.07) is 8.22. The van der Waals surface area contributed by atoms with Crippen LogP contribution in [0.2, 0.25) is 0 Å². The van der Waals surface area contributed by atoms with Gasteiger partial charge in [0.15, 0.2) is 6.61 Å². The zero-order valence-corrected chi connectivity index (χ0v) is 17.1. The minimum Gasteiger partial charge on any atom is -0.484 e. The van der Waals surface area contributed by atoms with Gasteiger partial charge in [-0.05, 0) is 54.7 Å². The third-order valence-electron chi connectivity index (χ3n) is 5.61. The molecular weight excluding hydrogens is 356 g/mol. The van der Waals surface area contributed by atoms with Gasteiger partial charge in [-0.1, -0.05) is 32.9 Å². The molecule has 2 saturated carbocycles. The lowest BCUT2D eigenvalue weighted by Gasteiger charge is -2.42. The van der Waals surface area contributed by atoms with Crippen LogP contribution in [0, 0.1) is 5.92 Å². The number of hydrogen-bond donors (Lipinski definition) is 2. The highest BCUT2D eigenvalue weighted by molar-refractivity contribution is 5.78. The molecule has 6 heteroatoms. The largest absolute Gasteiger partial charge is 0.484 e. The molecular formula is C22H32N2O4. The minimum atomic E-state index is -0.779. The monoisotopic (exact) mass is 388 g/mol. The van der Waals surface area contributed by atoms with E-state index in [1.165, 1.54) is 18.4 Å². The van der Waals surface area contributed by atoms with Gasteiger partial charge >= 0.3 is 5.97 Å². The summed E-state index contributed by atoms with van der Waals surface area (Å²) < 4.78 is 5.59. The molecule has 0 unspecified atom stereocenters. The van der Waals surface area contributed by atoms with Gasteiger partial charge in [0, 0.05) is 18.6 Å². The number of carboxylic acids is 1. The van der Waals surface area contributed by atoms with Crippen LogP contribution in [-0.2, 0) is 15.0 Å². The summed E-state index contributed by atoms with van der Waals surface area (Å²) in [5.74, 6) is 0.437. The number of aliphatic carboxylic acids is 1. The molecule has 28 heavy (non-hydrogen) atoms. The Bertz CT molecular complexity index is 685. The van der Waals surface area contributed by atoms with Crippen molar-refractivity contribution >= 4 is 11.9 Å². The van der Waals surface area contributed by atoms with Crippen molar-refractivity contribution in [3.63, 3.8) is 0 Å². The average Bonchev–Trinajstić information content (AvgIpc) is 3.38. The Hall–Kier alpha value is -2.08. The van der Waals surface area contributed by atoms with Gasteiger partial charge in [0.2, 0.25) is 0 Å². The van der Waals surface area contributed by atoms with Crippen LogP contribution in [0.5, 0.6) is 5.75 Å². The lowest BCUT2D eigenvalue weighted by Crippen LogP contribution is -2.55. The van der Waals surface area contributed by atoms with Gasteiger partial charge in [0.05, 0.1) is 6.54 Å². The SMILES string of the molecule is CC(C)(C)c1ccc(OCC(=O)NC2CC(N(CC(=O)O)CC3CC3)C2)cc1. The second-order valence-electron chi connectivity index (χ2n) is 9.22. The van der Waals surface area contributed by atoms with Crippen LogP contribution < -0.4 is 10.1 Å². The molecule has 0 saturated heterocycles. The maximum atomic E-state index is 12.1. The topological polar surface area (TPSA) is 78.9 Å². The molecule has 1 aromatic rings. The first-order chi connectivity index (χ1) is 13.2. The van der Waals surface area contributed by atoms with Crippen LogP contribution in [-0.4, -0.2) is 53.7 Å². The molecule has 2 fully saturated rings. The molecule has 1 aromatic carbocycles. The lowest BCUT2D eigenvalue weighted by molar-refractivity contribution is -0.140. The molecule has 0 bridgehead atoms. The molecule has 2 aliphatic carbocycles. The third-order valence-corrected chi connectivity index (χ3v) is 5.61. The molecule has 0 radical (unpaired) electrons. The van der Waals surface area contributed by atoms with Crippen molar-refractivity contribution in [1.82, 2.24) is 10.2 Å². The maximum Gasteiger partial charge on any atom is 0.317 e. The Morgan fingerprint density at radius 2 is 1.82 bits per heavy atom. The Labute approximate surface area is 167 Å². The van der Waals surface area contributed by atoms with Crippen LogP contribution in [0.25, 0.3) is 0 Å². The number of rotatable bonds is 9. The fourth-order valence-electron chi connectivity index (χ4n) is 3.62. The molecule has 154 valence electrons. The second-order valence-corrected chi connectivity index (χ2v) is 9.22. The van der Waals surface area contributed by atoms with E-state index in [2.05, 4.69) is 31.0 Å². The van der Waals surface area contributed by atoms with Gasteiger partial charge in [-0.15, -0.1) is 0 Å². The smallest absolute Gasteiger partial charge is 0.317 e. The van der Waals surface area contributed by atoms with Crippen LogP contribution in [0.3, 0.4) is 0 Å². The van der Waals surface area contributed by atoms with E-state index in [4.69, 9.17) is 9.84 Å². The van der Waals surface area contributed by atoms with E-state index in [1.807, 2.05) is 24.3 Å². The number of amides is 1. The fourth-order valence-corrected chi connectivity index (χ4v) is 3.62. The zero-order chi connectivity index (χ0) is 20.3. The van der Waals surface area contributed by atoms with Gasteiger partial charge in [-0.2, -0.15) is 0 Å². The van der Waals surface area contributed by atoms with Crippen LogP contribution >= 0.6 is 0 Å². The normalized spacial score (nSPS) is 21.9. The number of carbonyl (C=O) groups excluding carboxylic acids is 1. The first-order valence-electron chi connectivity index (χ1n) is 10.2. The lowest BCUT2D eigenvalue weighted by atomic mass is 9.85.